The van der Waals surface area contributed by atoms with E-state index in [0.29, 0.717) is 25.7 Å². The smallest absolute Gasteiger partial charge is 0.191 e. The molecule has 0 fully saturated rings. The van der Waals surface area contributed by atoms with E-state index < -0.39 is 0 Å². The van der Waals surface area contributed by atoms with Gasteiger partial charge in [0.25, 0.3) is 0 Å². The van der Waals surface area contributed by atoms with Crippen LogP contribution in [0.2, 0.25) is 0 Å². The van der Waals surface area contributed by atoms with Crippen molar-refractivity contribution in [3.8, 4) is 11.5 Å². The molecule has 0 atom stereocenters. The number of guanidine groups is 1. The fourth-order valence-electron chi connectivity index (χ4n) is 2.29. The predicted molar refractivity (Wildman–Crippen MR) is 117 cm³/mol. The molecule has 3 N–H and O–H groups in total. The van der Waals surface area contributed by atoms with Gasteiger partial charge in [-0.2, -0.15) is 0 Å². The number of aliphatic imine (C=N–C) groups is 1. The summed E-state index contributed by atoms with van der Waals surface area (Å²) in [7, 11) is 0. The normalized spacial score (nSPS) is 10.6. The van der Waals surface area contributed by atoms with Crippen LogP contribution in [0.1, 0.15) is 18.1 Å². The molecule has 2 rings (SSSR count). The number of nitrogens with zero attached hydrogens (tertiary/aromatic N) is 1. The average molecular weight is 467 g/mol. The van der Waals surface area contributed by atoms with E-state index in [-0.39, 0.29) is 29.7 Å². The third-order valence-corrected chi connectivity index (χ3v) is 3.45. The number of ether oxygens (including phenoxy) is 1. The maximum absolute atomic E-state index is 9.53. The molecule has 0 aliphatic carbocycles. The largest absolute Gasteiger partial charge is 0.508 e. The first kappa shape index (κ1) is 21.8. The first-order valence-electron chi connectivity index (χ1n) is 8.34. The van der Waals surface area contributed by atoms with Crippen LogP contribution >= 0.6 is 24.0 Å². The number of benzene rings is 2. The lowest BCUT2D eigenvalue weighted by Crippen LogP contribution is -2.36. The molecule has 0 amide bonds. The summed E-state index contributed by atoms with van der Waals surface area (Å²) in [6.07, 6.45) is 1.73. The van der Waals surface area contributed by atoms with E-state index >= 15 is 0 Å². The molecule has 2 aromatic rings. The number of para-hydroxylation sites is 1. The molecule has 2 aromatic carbocycles. The van der Waals surface area contributed by atoms with E-state index in [1.54, 1.807) is 18.2 Å². The summed E-state index contributed by atoms with van der Waals surface area (Å²) in [5, 5.41) is 16.1. The van der Waals surface area contributed by atoms with Crippen LogP contribution in [0.25, 0.3) is 0 Å². The second-order valence-corrected chi connectivity index (χ2v) is 5.43. The van der Waals surface area contributed by atoms with Crippen molar-refractivity contribution < 1.29 is 9.84 Å². The van der Waals surface area contributed by atoms with Gasteiger partial charge in [-0.15, -0.1) is 24.0 Å². The Morgan fingerprint density at radius 1 is 1.19 bits per heavy atom. The Hall–Kier alpha value is -2.22. The van der Waals surface area contributed by atoms with E-state index in [2.05, 4.69) is 22.2 Å². The van der Waals surface area contributed by atoms with Crippen LogP contribution in [-0.4, -0.2) is 24.2 Å². The topological polar surface area (TPSA) is 65.9 Å². The number of phenols is 1. The van der Waals surface area contributed by atoms with Gasteiger partial charge < -0.3 is 20.5 Å². The van der Waals surface area contributed by atoms with E-state index in [4.69, 9.17) is 4.74 Å². The highest BCUT2D eigenvalue weighted by Crippen LogP contribution is 2.17. The highest BCUT2D eigenvalue weighted by atomic mass is 127. The Morgan fingerprint density at radius 3 is 2.73 bits per heavy atom. The quantitative estimate of drug-likeness (QED) is 0.239. The van der Waals surface area contributed by atoms with Crippen LogP contribution in [0.5, 0.6) is 11.5 Å². The number of halogens is 1. The van der Waals surface area contributed by atoms with E-state index in [1.807, 2.05) is 43.3 Å². The highest BCUT2D eigenvalue weighted by molar-refractivity contribution is 14.0. The van der Waals surface area contributed by atoms with Gasteiger partial charge in [0.05, 0.1) is 6.54 Å². The van der Waals surface area contributed by atoms with E-state index in [9.17, 15) is 5.11 Å². The Balaban J connectivity index is 0.00000338. The molecule has 26 heavy (non-hydrogen) atoms. The van der Waals surface area contributed by atoms with Crippen molar-refractivity contribution in [1.29, 1.82) is 0 Å². The molecule has 0 spiro atoms. The molecule has 5 nitrogen and oxygen atoms in total. The molecule has 0 saturated heterocycles. The molecule has 0 heterocycles. The fourth-order valence-corrected chi connectivity index (χ4v) is 2.29. The molecule has 140 valence electrons. The lowest BCUT2D eigenvalue weighted by atomic mass is 10.2. The summed E-state index contributed by atoms with van der Waals surface area (Å²) in [4.78, 5) is 4.56. The molecule has 0 saturated carbocycles. The van der Waals surface area contributed by atoms with Gasteiger partial charge >= 0.3 is 0 Å². The van der Waals surface area contributed by atoms with Crippen molar-refractivity contribution in [2.45, 2.75) is 20.0 Å². The maximum atomic E-state index is 9.53. The summed E-state index contributed by atoms with van der Waals surface area (Å²) < 4.78 is 5.67. The summed E-state index contributed by atoms with van der Waals surface area (Å²) >= 11 is 0. The predicted octanol–water partition coefficient (Wildman–Crippen LogP) is 3.83. The second kappa shape index (κ2) is 12.2. The van der Waals surface area contributed by atoms with Gasteiger partial charge in [0.15, 0.2) is 5.96 Å². The molecular weight excluding hydrogens is 441 g/mol. The summed E-state index contributed by atoms with van der Waals surface area (Å²) in [6, 6.07) is 15.0. The van der Waals surface area contributed by atoms with E-state index in [0.717, 1.165) is 23.4 Å². The Labute approximate surface area is 172 Å². The van der Waals surface area contributed by atoms with Gasteiger partial charge in [0, 0.05) is 18.7 Å². The van der Waals surface area contributed by atoms with Crippen LogP contribution < -0.4 is 15.4 Å². The first-order chi connectivity index (χ1) is 12.2. The third kappa shape index (κ3) is 7.35. The lowest BCUT2D eigenvalue weighted by Gasteiger charge is -2.14. The van der Waals surface area contributed by atoms with Gasteiger partial charge in [-0.1, -0.05) is 43.0 Å². The molecule has 0 bridgehead atoms. The summed E-state index contributed by atoms with van der Waals surface area (Å²) in [5.74, 6) is 1.79. The van der Waals surface area contributed by atoms with Gasteiger partial charge in [-0.3, -0.25) is 0 Å². The molecule has 6 heteroatoms. The van der Waals surface area contributed by atoms with Crippen molar-refractivity contribution >= 4 is 29.9 Å². The summed E-state index contributed by atoms with van der Waals surface area (Å²) in [5.41, 5.74) is 2.00. The van der Waals surface area contributed by atoms with Crippen LogP contribution in [0.3, 0.4) is 0 Å². The second-order valence-electron chi connectivity index (χ2n) is 5.43. The Morgan fingerprint density at radius 2 is 2.00 bits per heavy atom. The number of nitrogens with one attached hydrogen (secondary N) is 2. The Kier molecular flexibility index (Phi) is 10.2. The zero-order valence-corrected chi connectivity index (χ0v) is 17.3. The number of rotatable bonds is 8. The third-order valence-electron chi connectivity index (χ3n) is 3.45. The zero-order chi connectivity index (χ0) is 17.9. The van der Waals surface area contributed by atoms with Crippen LogP contribution in [0.15, 0.2) is 66.2 Å². The lowest BCUT2D eigenvalue weighted by molar-refractivity contribution is 0.358. The molecule has 0 aliphatic heterocycles. The van der Waals surface area contributed by atoms with Crippen LogP contribution in [-0.2, 0) is 13.1 Å². The van der Waals surface area contributed by atoms with Crippen molar-refractivity contribution in [2.75, 3.05) is 13.2 Å². The van der Waals surface area contributed by atoms with Gasteiger partial charge in [-0.25, -0.2) is 4.99 Å². The zero-order valence-electron chi connectivity index (χ0n) is 14.9. The number of hydrogen-bond acceptors (Lipinski definition) is 3. The average Bonchev–Trinajstić information content (AvgIpc) is 2.63. The van der Waals surface area contributed by atoms with Crippen molar-refractivity contribution in [1.82, 2.24) is 10.6 Å². The van der Waals surface area contributed by atoms with Crippen molar-refractivity contribution in [2.24, 2.45) is 4.99 Å². The fraction of sp³-hybridized carbons (Fsp3) is 0.250. The highest BCUT2D eigenvalue weighted by Gasteiger charge is 2.04. The molecule has 0 aliphatic rings. The first-order valence-corrected chi connectivity index (χ1v) is 8.34. The maximum Gasteiger partial charge on any atom is 0.191 e. The van der Waals surface area contributed by atoms with Gasteiger partial charge in [0.2, 0.25) is 0 Å². The van der Waals surface area contributed by atoms with Crippen molar-refractivity contribution in [3.05, 3.63) is 72.3 Å². The van der Waals surface area contributed by atoms with Gasteiger partial charge in [0.1, 0.15) is 18.1 Å². The van der Waals surface area contributed by atoms with Crippen molar-refractivity contribution in [3.63, 3.8) is 0 Å². The monoisotopic (exact) mass is 467 g/mol. The minimum Gasteiger partial charge on any atom is -0.508 e. The molecular formula is C20H26IN3O2. The minimum atomic E-state index is 0. The minimum absolute atomic E-state index is 0. The van der Waals surface area contributed by atoms with E-state index in [1.165, 1.54) is 0 Å². The van der Waals surface area contributed by atoms with Gasteiger partial charge in [-0.05, 0) is 30.7 Å². The molecule has 0 radical (unpaired) electrons. The SMILES string of the molecule is C=CCOc1ccccc1CNC(=NCc1cccc(O)c1)NCC.I. The standard InChI is InChI=1S/C20H25N3O2.HI/c1-3-12-25-19-11-6-5-9-17(19)15-23-20(21-4-2)22-14-16-8-7-10-18(24)13-16;/h3,5-11,13,24H,1,4,12,14-15H2,2H3,(H2,21,22,23);1H. The Bertz CT molecular complexity index is 720. The van der Waals surface area contributed by atoms with Crippen LogP contribution in [0.4, 0.5) is 0 Å². The van der Waals surface area contributed by atoms with Crippen LogP contribution in [0, 0.1) is 0 Å². The summed E-state index contributed by atoms with van der Waals surface area (Å²) in [6.45, 7) is 8.02. The number of hydrogen-bond donors (Lipinski definition) is 3. The number of phenolic OH excluding ortho intramolecular Hbond substituents is 1. The molecule has 0 aromatic heterocycles. The number of aromatic hydroxyl groups is 1. The molecule has 0 unspecified atom stereocenters.